The molecule has 0 aromatic heterocycles. The number of nitrogens with zero attached hydrogens (tertiary/aromatic N) is 1. The molecule has 0 spiro atoms. The number of nitrogens with two attached hydrogens (primary N) is 1. The Balaban J connectivity index is 2.31. The van der Waals surface area contributed by atoms with Crippen LogP contribution >= 0.6 is 0 Å². The number of sulfonamides is 1. The molecule has 1 fully saturated rings. The summed E-state index contributed by atoms with van der Waals surface area (Å²) in [5.74, 6) is -0.0538. The van der Waals surface area contributed by atoms with Gasteiger partial charge in [-0.1, -0.05) is 0 Å². The lowest BCUT2D eigenvalue weighted by molar-refractivity contribution is -0.127. The Morgan fingerprint density at radius 1 is 1.45 bits per heavy atom. The van der Waals surface area contributed by atoms with E-state index in [0.717, 1.165) is 0 Å². The third-order valence-corrected chi connectivity index (χ3v) is 4.69. The van der Waals surface area contributed by atoms with E-state index in [4.69, 9.17) is 10.5 Å². The minimum atomic E-state index is -3.87. The maximum Gasteiger partial charge on any atom is 0.245 e. The summed E-state index contributed by atoms with van der Waals surface area (Å²) in [6, 6.07) is 3.60. The molecule has 0 bridgehead atoms. The van der Waals surface area contributed by atoms with Crippen molar-refractivity contribution in [1.82, 2.24) is 9.62 Å². The first-order valence-corrected chi connectivity index (χ1v) is 7.54. The number of hydrogen-bond donors (Lipinski definition) is 2. The molecule has 1 heterocycles. The first-order valence-electron chi connectivity index (χ1n) is 6.06. The molecular weight excluding hydrogens is 282 g/mol. The number of ether oxygens (including phenoxy) is 1. The number of likely N-dealkylation sites (tertiary alicyclic amines) is 1. The van der Waals surface area contributed by atoms with Crippen LogP contribution in [0.15, 0.2) is 23.1 Å². The molecule has 1 atom stereocenters. The quantitative estimate of drug-likeness (QED) is 0.749. The second-order valence-electron chi connectivity index (χ2n) is 4.63. The zero-order valence-electron chi connectivity index (χ0n) is 11.3. The predicted molar refractivity (Wildman–Crippen MR) is 73.8 cm³/mol. The van der Waals surface area contributed by atoms with Gasteiger partial charge in [0.2, 0.25) is 15.9 Å². The van der Waals surface area contributed by atoms with E-state index < -0.39 is 16.1 Å². The number of anilines is 1. The van der Waals surface area contributed by atoms with Crippen LogP contribution in [0.5, 0.6) is 5.75 Å². The van der Waals surface area contributed by atoms with Gasteiger partial charge in [0.05, 0.1) is 7.11 Å². The fraction of sp³-hybridized carbons (Fsp3) is 0.417. The van der Waals surface area contributed by atoms with Gasteiger partial charge in [-0.25, -0.2) is 8.42 Å². The lowest BCUT2D eigenvalue weighted by atomic mass is 10.3. The van der Waals surface area contributed by atoms with E-state index in [9.17, 15) is 13.2 Å². The van der Waals surface area contributed by atoms with Gasteiger partial charge in [-0.3, -0.25) is 4.79 Å². The van der Waals surface area contributed by atoms with Crippen molar-refractivity contribution in [1.29, 1.82) is 0 Å². The minimum absolute atomic E-state index is 0.0673. The van der Waals surface area contributed by atoms with Crippen LogP contribution in [0.2, 0.25) is 0 Å². The van der Waals surface area contributed by atoms with Gasteiger partial charge < -0.3 is 15.4 Å². The maximum atomic E-state index is 12.4. The monoisotopic (exact) mass is 299 g/mol. The van der Waals surface area contributed by atoms with Crippen LogP contribution in [0, 0.1) is 0 Å². The van der Waals surface area contributed by atoms with Crippen molar-refractivity contribution >= 4 is 21.6 Å². The largest absolute Gasteiger partial charge is 0.495 e. The Labute approximate surface area is 117 Å². The second-order valence-corrected chi connectivity index (χ2v) is 6.32. The predicted octanol–water partition coefficient (Wildman–Crippen LogP) is -0.214. The van der Waals surface area contributed by atoms with Crippen molar-refractivity contribution in [2.45, 2.75) is 17.4 Å². The van der Waals surface area contributed by atoms with E-state index in [-0.39, 0.29) is 16.6 Å². The number of amides is 1. The number of nitrogens with one attached hydrogen (secondary N) is 1. The topological polar surface area (TPSA) is 102 Å². The van der Waals surface area contributed by atoms with Crippen LogP contribution in [0.25, 0.3) is 0 Å². The summed E-state index contributed by atoms with van der Waals surface area (Å²) in [4.78, 5) is 13.2. The number of carbonyl (C=O) groups excluding carboxylic acids is 1. The summed E-state index contributed by atoms with van der Waals surface area (Å²) in [7, 11) is -0.857. The highest BCUT2D eigenvalue weighted by atomic mass is 32.2. The van der Waals surface area contributed by atoms with E-state index >= 15 is 0 Å². The Bertz CT molecular complexity index is 630. The van der Waals surface area contributed by atoms with Crippen LogP contribution in [-0.4, -0.2) is 46.0 Å². The molecule has 7 nitrogen and oxygen atoms in total. The molecule has 20 heavy (non-hydrogen) atoms. The molecule has 1 amide bonds. The lowest BCUT2D eigenvalue weighted by Crippen LogP contribution is -2.40. The van der Waals surface area contributed by atoms with Crippen LogP contribution in [0.1, 0.15) is 6.42 Å². The molecule has 2 rings (SSSR count). The Kier molecular flexibility index (Phi) is 3.87. The van der Waals surface area contributed by atoms with Gasteiger partial charge in [0.1, 0.15) is 16.7 Å². The van der Waals surface area contributed by atoms with Gasteiger partial charge in [0.15, 0.2) is 0 Å². The second kappa shape index (κ2) is 5.29. The summed E-state index contributed by atoms with van der Waals surface area (Å²) in [6.45, 7) is 0.528. The molecule has 110 valence electrons. The highest BCUT2D eigenvalue weighted by molar-refractivity contribution is 7.89. The van der Waals surface area contributed by atoms with E-state index in [2.05, 4.69) is 4.72 Å². The highest BCUT2D eigenvalue weighted by Gasteiger charge is 2.33. The normalized spacial score (nSPS) is 19.4. The zero-order valence-corrected chi connectivity index (χ0v) is 12.1. The molecule has 0 radical (unpaired) electrons. The molecule has 8 heteroatoms. The van der Waals surface area contributed by atoms with E-state index in [1.807, 2.05) is 0 Å². The SMILES string of the molecule is COc1ccc(N)cc1S(=O)(=O)NC1CCN(C)C1=O. The molecular formula is C12H17N3O4S. The van der Waals surface area contributed by atoms with Gasteiger partial charge in [-0.05, 0) is 24.6 Å². The molecule has 3 N–H and O–H groups in total. The summed E-state index contributed by atoms with van der Waals surface area (Å²) < 4.78 is 32.1. The highest BCUT2D eigenvalue weighted by Crippen LogP contribution is 2.26. The average molecular weight is 299 g/mol. The lowest BCUT2D eigenvalue weighted by Gasteiger charge is -2.15. The fourth-order valence-electron chi connectivity index (χ4n) is 2.09. The van der Waals surface area contributed by atoms with Crippen LogP contribution < -0.4 is 15.2 Å². The molecule has 0 aliphatic carbocycles. The summed E-state index contributed by atoms with van der Waals surface area (Å²) >= 11 is 0. The zero-order chi connectivity index (χ0) is 14.9. The number of hydrogen-bond acceptors (Lipinski definition) is 5. The molecule has 1 unspecified atom stereocenters. The van der Waals surface area contributed by atoms with Crippen molar-refractivity contribution in [3.05, 3.63) is 18.2 Å². The first kappa shape index (κ1) is 14.6. The Morgan fingerprint density at radius 3 is 2.70 bits per heavy atom. The molecule has 1 aliphatic heterocycles. The van der Waals surface area contributed by atoms with Gasteiger partial charge in [0.25, 0.3) is 0 Å². The molecule has 0 saturated carbocycles. The summed E-state index contributed by atoms with van der Waals surface area (Å²) in [5, 5.41) is 0. The standard InChI is InChI=1S/C12H17N3O4S/c1-15-6-5-9(12(15)16)14-20(17,18)11-7-8(13)3-4-10(11)19-2/h3-4,7,9,14H,5-6,13H2,1-2H3. The van der Waals surface area contributed by atoms with Gasteiger partial charge in [-0.2, -0.15) is 4.72 Å². The van der Waals surface area contributed by atoms with Crippen molar-refractivity contribution in [3.8, 4) is 5.75 Å². The van der Waals surface area contributed by atoms with Crippen LogP contribution in [-0.2, 0) is 14.8 Å². The summed E-state index contributed by atoms with van der Waals surface area (Å²) in [5.41, 5.74) is 5.92. The van der Waals surface area contributed by atoms with E-state index in [0.29, 0.717) is 18.7 Å². The number of carbonyl (C=O) groups is 1. The van der Waals surface area contributed by atoms with E-state index in [1.165, 1.54) is 24.1 Å². The number of rotatable bonds is 4. The average Bonchev–Trinajstić information content (AvgIpc) is 2.70. The minimum Gasteiger partial charge on any atom is -0.495 e. The fourth-order valence-corrected chi connectivity index (χ4v) is 3.51. The number of methoxy groups -OCH3 is 1. The molecule has 1 aromatic rings. The van der Waals surface area contributed by atoms with Crippen molar-refractivity contribution in [2.75, 3.05) is 26.4 Å². The number of benzene rings is 1. The van der Waals surface area contributed by atoms with Crippen LogP contribution in [0.3, 0.4) is 0 Å². The van der Waals surface area contributed by atoms with Crippen molar-refractivity contribution in [3.63, 3.8) is 0 Å². The number of likely N-dealkylation sites (N-methyl/N-ethyl adjacent to an activating group) is 1. The molecule has 1 aromatic carbocycles. The third-order valence-electron chi connectivity index (χ3n) is 3.20. The van der Waals surface area contributed by atoms with Gasteiger partial charge in [-0.15, -0.1) is 0 Å². The molecule has 1 saturated heterocycles. The van der Waals surface area contributed by atoms with Crippen LogP contribution in [0.4, 0.5) is 5.69 Å². The Morgan fingerprint density at radius 2 is 2.15 bits per heavy atom. The Hall–Kier alpha value is -1.80. The summed E-state index contributed by atoms with van der Waals surface area (Å²) in [6.07, 6.45) is 0.444. The molecule has 1 aliphatic rings. The smallest absolute Gasteiger partial charge is 0.245 e. The first-order chi connectivity index (χ1) is 9.35. The third kappa shape index (κ3) is 2.70. The van der Waals surface area contributed by atoms with Crippen molar-refractivity contribution in [2.24, 2.45) is 0 Å². The van der Waals surface area contributed by atoms with Gasteiger partial charge >= 0.3 is 0 Å². The maximum absolute atomic E-state index is 12.4. The number of nitrogen functional groups attached to an aromatic ring is 1. The van der Waals surface area contributed by atoms with Gasteiger partial charge in [0, 0.05) is 19.3 Å². The van der Waals surface area contributed by atoms with E-state index in [1.54, 1.807) is 13.1 Å². The van der Waals surface area contributed by atoms with Crippen molar-refractivity contribution < 1.29 is 17.9 Å².